The van der Waals surface area contributed by atoms with Crippen LogP contribution in [-0.4, -0.2) is 29.1 Å². The summed E-state index contributed by atoms with van der Waals surface area (Å²) in [5.41, 5.74) is 5.47. The van der Waals surface area contributed by atoms with E-state index in [2.05, 4.69) is 0 Å². The van der Waals surface area contributed by atoms with Gasteiger partial charge in [-0.1, -0.05) is 0 Å². The molecule has 1 fully saturated rings. The Morgan fingerprint density at radius 1 is 1.50 bits per heavy atom. The van der Waals surface area contributed by atoms with Crippen LogP contribution in [-0.2, 0) is 0 Å². The highest BCUT2D eigenvalue weighted by atomic mass is 32.2. The molecule has 1 rings (SSSR count). The van der Waals surface area contributed by atoms with Crippen molar-refractivity contribution in [1.82, 2.24) is 0 Å². The van der Waals surface area contributed by atoms with Gasteiger partial charge in [0.25, 0.3) is 0 Å². The summed E-state index contributed by atoms with van der Waals surface area (Å²) in [5.74, 6) is 3.88. The van der Waals surface area contributed by atoms with Crippen LogP contribution in [0.15, 0.2) is 0 Å². The van der Waals surface area contributed by atoms with Crippen LogP contribution < -0.4 is 5.73 Å². The number of hydrogen-bond acceptors (Lipinski definition) is 3. The standard InChI is InChI=1S/C5H11NS2/c6-3-5-4-7-1-2-8-5/h5H,1-4,6H2. The van der Waals surface area contributed by atoms with Gasteiger partial charge in [-0.15, -0.1) is 0 Å². The molecule has 48 valence electrons. The zero-order valence-corrected chi connectivity index (χ0v) is 6.43. The normalized spacial score (nSPS) is 30.4. The first-order valence-corrected chi connectivity index (χ1v) is 5.03. The zero-order valence-electron chi connectivity index (χ0n) is 4.80. The molecule has 1 unspecified atom stereocenters. The van der Waals surface area contributed by atoms with Crippen LogP contribution in [0.25, 0.3) is 0 Å². The Hall–Kier alpha value is 0.660. The molecule has 0 amide bonds. The third-order valence-electron chi connectivity index (χ3n) is 1.15. The summed E-state index contributed by atoms with van der Waals surface area (Å²) in [6.07, 6.45) is 0. The van der Waals surface area contributed by atoms with Crippen molar-refractivity contribution in [3.8, 4) is 0 Å². The minimum absolute atomic E-state index is 0.744. The monoisotopic (exact) mass is 149 g/mol. The summed E-state index contributed by atoms with van der Waals surface area (Å²) in [7, 11) is 0. The molecule has 3 heteroatoms. The van der Waals surface area contributed by atoms with Crippen molar-refractivity contribution in [2.24, 2.45) is 5.73 Å². The Labute approximate surface area is 58.8 Å². The van der Waals surface area contributed by atoms with Gasteiger partial charge in [-0.05, 0) is 0 Å². The van der Waals surface area contributed by atoms with E-state index in [1.54, 1.807) is 0 Å². The van der Waals surface area contributed by atoms with Crippen LogP contribution in [0.3, 0.4) is 0 Å². The number of rotatable bonds is 1. The van der Waals surface area contributed by atoms with E-state index >= 15 is 0 Å². The molecule has 0 aromatic heterocycles. The Balaban J connectivity index is 2.13. The van der Waals surface area contributed by atoms with E-state index in [-0.39, 0.29) is 0 Å². The van der Waals surface area contributed by atoms with Gasteiger partial charge in [-0.25, -0.2) is 0 Å². The first-order chi connectivity index (χ1) is 3.93. The van der Waals surface area contributed by atoms with E-state index in [9.17, 15) is 0 Å². The lowest BCUT2D eigenvalue weighted by Gasteiger charge is -2.18. The molecule has 1 heterocycles. The van der Waals surface area contributed by atoms with E-state index < -0.39 is 0 Å². The lowest BCUT2D eigenvalue weighted by molar-refractivity contribution is 0.957. The van der Waals surface area contributed by atoms with Crippen LogP contribution in [0.5, 0.6) is 0 Å². The molecule has 0 saturated carbocycles. The third-order valence-corrected chi connectivity index (χ3v) is 4.02. The van der Waals surface area contributed by atoms with Crippen molar-refractivity contribution in [1.29, 1.82) is 0 Å². The van der Waals surface area contributed by atoms with Gasteiger partial charge in [0, 0.05) is 29.1 Å². The molecule has 1 aliphatic heterocycles. The van der Waals surface area contributed by atoms with Gasteiger partial charge in [-0.3, -0.25) is 0 Å². The summed E-state index contributed by atoms with van der Waals surface area (Å²) < 4.78 is 0. The van der Waals surface area contributed by atoms with Crippen LogP contribution >= 0.6 is 23.5 Å². The lowest BCUT2D eigenvalue weighted by Crippen LogP contribution is -2.23. The van der Waals surface area contributed by atoms with Crippen molar-refractivity contribution in [2.45, 2.75) is 5.25 Å². The second-order valence-corrected chi connectivity index (χ2v) is 4.36. The molecule has 0 bridgehead atoms. The molecule has 0 aliphatic carbocycles. The van der Waals surface area contributed by atoms with Gasteiger partial charge < -0.3 is 5.73 Å². The van der Waals surface area contributed by atoms with Crippen molar-refractivity contribution >= 4 is 23.5 Å². The molecule has 0 aromatic carbocycles. The fourth-order valence-electron chi connectivity index (χ4n) is 0.673. The average molecular weight is 149 g/mol. The Bertz CT molecular complexity index is 61.4. The molecule has 0 aromatic rings. The highest BCUT2D eigenvalue weighted by Crippen LogP contribution is 2.22. The molecule has 1 aliphatic rings. The molecule has 1 nitrogen and oxygen atoms in total. The maximum Gasteiger partial charge on any atom is 0.0261 e. The topological polar surface area (TPSA) is 26.0 Å². The Morgan fingerprint density at radius 2 is 2.38 bits per heavy atom. The molecule has 2 N–H and O–H groups in total. The number of thioether (sulfide) groups is 2. The second kappa shape index (κ2) is 3.64. The lowest BCUT2D eigenvalue weighted by atomic mass is 10.5. The maximum absolute atomic E-state index is 5.47. The van der Waals surface area contributed by atoms with Gasteiger partial charge in [0.2, 0.25) is 0 Å². The van der Waals surface area contributed by atoms with Crippen molar-refractivity contribution < 1.29 is 0 Å². The maximum atomic E-state index is 5.47. The molecule has 0 spiro atoms. The summed E-state index contributed by atoms with van der Waals surface area (Å²) in [6.45, 7) is 0.859. The van der Waals surface area contributed by atoms with Gasteiger partial charge >= 0.3 is 0 Å². The van der Waals surface area contributed by atoms with Gasteiger partial charge in [-0.2, -0.15) is 23.5 Å². The summed E-state index contributed by atoms with van der Waals surface area (Å²) in [5, 5.41) is 0.744. The molecular weight excluding hydrogens is 138 g/mol. The molecule has 0 radical (unpaired) electrons. The van der Waals surface area contributed by atoms with E-state index in [0.29, 0.717) is 0 Å². The summed E-state index contributed by atoms with van der Waals surface area (Å²) in [6, 6.07) is 0. The van der Waals surface area contributed by atoms with Crippen LogP contribution in [0.1, 0.15) is 0 Å². The highest BCUT2D eigenvalue weighted by molar-refractivity contribution is 8.06. The van der Waals surface area contributed by atoms with Crippen LogP contribution in [0.4, 0.5) is 0 Å². The Morgan fingerprint density at radius 3 is 2.75 bits per heavy atom. The largest absolute Gasteiger partial charge is 0.329 e. The van der Waals surface area contributed by atoms with Crippen LogP contribution in [0, 0.1) is 0 Å². The van der Waals surface area contributed by atoms with E-state index in [0.717, 1.165) is 11.8 Å². The first-order valence-electron chi connectivity index (χ1n) is 2.83. The molecule has 1 atom stereocenters. The smallest absolute Gasteiger partial charge is 0.0261 e. The minimum Gasteiger partial charge on any atom is -0.329 e. The fraction of sp³-hybridized carbons (Fsp3) is 1.00. The van der Waals surface area contributed by atoms with E-state index in [1.807, 2.05) is 23.5 Å². The van der Waals surface area contributed by atoms with Gasteiger partial charge in [0.1, 0.15) is 0 Å². The van der Waals surface area contributed by atoms with Crippen molar-refractivity contribution in [3.05, 3.63) is 0 Å². The predicted octanol–water partition coefficient (Wildman–Crippen LogP) is 0.794. The average Bonchev–Trinajstić information content (AvgIpc) is 1.90. The summed E-state index contributed by atoms with van der Waals surface area (Å²) >= 11 is 4.04. The molecular formula is C5H11NS2. The van der Waals surface area contributed by atoms with Crippen LogP contribution in [0.2, 0.25) is 0 Å². The summed E-state index contributed by atoms with van der Waals surface area (Å²) in [4.78, 5) is 0. The fourth-order valence-corrected chi connectivity index (χ4v) is 3.24. The first kappa shape index (κ1) is 6.78. The van der Waals surface area contributed by atoms with Gasteiger partial charge in [0.05, 0.1) is 0 Å². The van der Waals surface area contributed by atoms with E-state index in [4.69, 9.17) is 5.73 Å². The number of nitrogens with two attached hydrogens (primary N) is 1. The minimum atomic E-state index is 0.744. The van der Waals surface area contributed by atoms with Crippen molar-refractivity contribution in [3.63, 3.8) is 0 Å². The number of hydrogen-bond donors (Lipinski definition) is 1. The predicted molar refractivity (Wildman–Crippen MR) is 42.6 cm³/mol. The highest BCUT2D eigenvalue weighted by Gasteiger charge is 2.10. The quantitative estimate of drug-likeness (QED) is 0.597. The zero-order chi connectivity index (χ0) is 5.82. The SMILES string of the molecule is NCC1CSCCS1. The van der Waals surface area contributed by atoms with Gasteiger partial charge in [0.15, 0.2) is 0 Å². The Kier molecular flexibility index (Phi) is 3.08. The second-order valence-electron chi connectivity index (χ2n) is 1.80. The molecule has 8 heavy (non-hydrogen) atoms. The molecule has 1 saturated heterocycles. The third kappa shape index (κ3) is 1.88. The van der Waals surface area contributed by atoms with E-state index in [1.165, 1.54) is 17.3 Å². The van der Waals surface area contributed by atoms with Crippen molar-refractivity contribution in [2.75, 3.05) is 23.8 Å².